The van der Waals surface area contributed by atoms with Crippen LogP contribution < -0.4 is 0 Å². The van der Waals surface area contributed by atoms with Gasteiger partial charge in [-0.2, -0.15) is 5.26 Å². The van der Waals surface area contributed by atoms with E-state index < -0.39 is 5.60 Å². The van der Waals surface area contributed by atoms with Crippen molar-refractivity contribution in [1.29, 1.82) is 5.26 Å². The van der Waals surface area contributed by atoms with Crippen molar-refractivity contribution in [1.82, 2.24) is 9.55 Å². The van der Waals surface area contributed by atoms with Gasteiger partial charge in [0.05, 0.1) is 19.1 Å². The van der Waals surface area contributed by atoms with Crippen LogP contribution in [0.5, 0.6) is 0 Å². The van der Waals surface area contributed by atoms with Crippen molar-refractivity contribution in [2.75, 3.05) is 0 Å². The van der Waals surface area contributed by atoms with Gasteiger partial charge in [0.15, 0.2) is 0 Å². The molecule has 2 aromatic carbocycles. The van der Waals surface area contributed by atoms with E-state index in [9.17, 15) is 9.65 Å². The highest BCUT2D eigenvalue weighted by molar-refractivity contribution is 6.31. The second kappa shape index (κ2) is 5.99. The van der Waals surface area contributed by atoms with E-state index >= 15 is 0 Å². The maximum Gasteiger partial charge on any atom is 0.142 e. The number of rotatable bonds is 4. The third-order valence-corrected chi connectivity index (χ3v) is 4.79. The van der Waals surface area contributed by atoms with Gasteiger partial charge >= 0.3 is 0 Å². The average Bonchev–Trinajstić information content (AvgIpc) is 3.16. The number of hydrogen-bond acceptors (Lipinski definition) is 3. The third-order valence-electron chi connectivity index (χ3n) is 4.45. The Balaban J connectivity index is 1.77. The summed E-state index contributed by atoms with van der Waals surface area (Å²) >= 11 is 6.33. The Bertz CT molecular complexity index is 963. The molecule has 0 amide bonds. The van der Waals surface area contributed by atoms with Crippen molar-refractivity contribution in [2.24, 2.45) is 0 Å². The van der Waals surface area contributed by atoms with Crippen molar-refractivity contribution < 1.29 is 9.13 Å². The van der Waals surface area contributed by atoms with E-state index in [0.29, 0.717) is 17.3 Å². The van der Waals surface area contributed by atoms with Crippen molar-refractivity contribution >= 4 is 11.6 Å². The predicted octanol–water partition coefficient (Wildman–Crippen LogP) is 4.21. The number of imidazole rings is 1. The number of epoxide rings is 1. The zero-order valence-electron chi connectivity index (χ0n) is 13.1. The number of nitrogens with zero attached hydrogens (tertiary/aromatic N) is 3. The molecule has 1 aromatic heterocycles. The largest absolute Gasteiger partial charge is 0.354 e. The van der Waals surface area contributed by atoms with Crippen LogP contribution in [0.4, 0.5) is 4.39 Å². The van der Waals surface area contributed by atoms with E-state index in [1.807, 2.05) is 24.3 Å². The van der Waals surface area contributed by atoms with Crippen molar-refractivity contribution in [2.45, 2.75) is 18.2 Å². The Morgan fingerprint density at radius 3 is 2.72 bits per heavy atom. The molecule has 0 aliphatic carbocycles. The number of aromatic nitrogens is 2. The molecule has 2 heterocycles. The van der Waals surface area contributed by atoms with Crippen molar-refractivity contribution in [3.8, 4) is 6.07 Å². The minimum absolute atomic E-state index is 0.277. The van der Waals surface area contributed by atoms with E-state index in [1.54, 1.807) is 23.0 Å². The van der Waals surface area contributed by atoms with E-state index in [4.69, 9.17) is 16.3 Å². The lowest BCUT2D eigenvalue weighted by atomic mass is 9.91. The van der Waals surface area contributed by atoms with Gasteiger partial charge in [0.2, 0.25) is 0 Å². The molecule has 6 heteroatoms. The molecule has 2 atom stereocenters. The summed E-state index contributed by atoms with van der Waals surface area (Å²) in [5.41, 5.74) is 1.42. The zero-order chi connectivity index (χ0) is 17.4. The molecular formula is C19H13ClFN3O. The van der Waals surface area contributed by atoms with Crippen LogP contribution in [0.25, 0.3) is 0 Å². The monoisotopic (exact) mass is 353 g/mol. The van der Waals surface area contributed by atoms with Crippen LogP contribution in [0.2, 0.25) is 5.02 Å². The molecule has 124 valence electrons. The van der Waals surface area contributed by atoms with Crippen molar-refractivity contribution in [3.05, 3.63) is 88.7 Å². The molecule has 25 heavy (non-hydrogen) atoms. The molecule has 1 fully saturated rings. The fourth-order valence-corrected chi connectivity index (χ4v) is 3.37. The van der Waals surface area contributed by atoms with E-state index in [2.05, 4.69) is 11.1 Å². The quantitative estimate of drug-likeness (QED) is 0.660. The standard InChI is InChI=1S/C19H13ClFN3O/c20-17-4-2-1-3-16(17)18-19(25-18,13-5-7-14(21)8-6-13)11-24-12-23-10-15(24)9-22/h1-8,10,12,18H,11H2/t18-,19+/m0/s1. The molecule has 0 unspecified atom stereocenters. The van der Waals surface area contributed by atoms with E-state index in [0.717, 1.165) is 11.1 Å². The van der Waals surface area contributed by atoms with E-state index in [-0.39, 0.29) is 11.9 Å². The van der Waals surface area contributed by atoms with Gasteiger partial charge in [0.25, 0.3) is 0 Å². The van der Waals surface area contributed by atoms with Crippen LogP contribution in [-0.4, -0.2) is 9.55 Å². The number of halogens is 2. The van der Waals surface area contributed by atoms with Gasteiger partial charge in [-0.05, 0) is 23.8 Å². The maximum absolute atomic E-state index is 13.4. The summed E-state index contributed by atoms with van der Waals surface area (Å²) < 4.78 is 21.2. The molecule has 4 rings (SSSR count). The fraction of sp³-hybridized carbons (Fsp3) is 0.158. The summed E-state index contributed by atoms with van der Waals surface area (Å²) in [6, 6.07) is 15.8. The Morgan fingerprint density at radius 1 is 1.24 bits per heavy atom. The molecule has 1 saturated heterocycles. The first kappa shape index (κ1) is 15.8. The molecule has 0 saturated carbocycles. The topological polar surface area (TPSA) is 54.1 Å². The highest BCUT2D eigenvalue weighted by Gasteiger charge is 2.59. The average molecular weight is 354 g/mol. The second-order valence-corrected chi connectivity index (χ2v) is 6.34. The smallest absolute Gasteiger partial charge is 0.142 e. The van der Waals surface area contributed by atoms with Crippen LogP contribution in [0.15, 0.2) is 61.1 Å². The second-order valence-electron chi connectivity index (χ2n) is 5.93. The van der Waals surface area contributed by atoms with Gasteiger partial charge in [0, 0.05) is 10.6 Å². The van der Waals surface area contributed by atoms with E-state index in [1.165, 1.54) is 18.3 Å². The van der Waals surface area contributed by atoms with Gasteiger partial charge in [-0.25, -0.2) is 9.37 Å². The molecule has 0 N–H and O–H groups in total. The lowest BCUT2D eigenvalue weighted by molar-refractivity contribution is 0.269. The van der Waals surface area contributed by atoms with Crippen LogP contribution in [-0.2, 0) is 16.9 Å². The Morgan fingerprint density at radius 2 is 2.00 bits per heavy atom. The molecule has 0 radical (unpaired) electrons. The van der Waals surface area contributed by atoms with Crippen LogP contribution in [0.3, 0.4) is 0 Å². The normalized spacial score (nSPS) is 21.7. The summed E-state index contributed by atoms with van der Waals surface area (Å²) in [5, 5.41) is 9.85. The minimum atomic E-state index is -0.717. The zero-order valence-corrected chi connectivity index (χ0v) is 13.8. The first-order valence-corrected chi connectivity index (χ1v) is 8.10. The van der Waals surface area contributed by atoms with Gasteiger partial charge < -0.3 is 9.30 Å². The molecule has 0 bridgehead atoms. The molecular weight excluding hydrogens is 341 g/mol. The van der Waals surface area contributed by atoms with Gasteiger partial charge in [-0.15, -0.1) is 0 Å². The van der Waals surface area contributed by atoms with Gasteiger partial charge in [-0.1, -0.05) is 41.9 Å². The number of hydrogen-bond donors (Lipinski definition) is 0. The molecule has 1 aliphatic rings. The Kier molecular flexibility index (Phi) is 3.79. The highest BCUT2D eigenvalue weighted by Crippen LogP contribution is 2.59. The predicted molar refractivity (Wildman–Crippen MR) is 90.3 cm³/mol. The van der Waals surface area contributed by atoms with Crippen LogP contribution in [0, 0.1) is 17.1 Å². The minimum Gasteiger partial charge on any atom is -0.354 e. The van der Waals surface area contributed by atoms with Crippen LogP contribution in [0.1, 0.15) is 22.9 Å². The Labute approximate surface area is 149 Å². The highest BCUT2D eigenvalue weighted by atomic mass is 35.5. The molecule has 0 spiro atoms. The summed E-state index contributed by atoms with van der Waals surface area (Å²) in [5.74, 6) is -0.311. The number of nitriles is 1. The van der Waals surface area contributed by atoms with Crippen LogP contribution >= 0.6 is 11.6 Å². The summed E-state index contributed by atoms with van der Waals surface area (Å²) in [4.78, 5) is 4.03. The summed E-state index contributed by atoms with van der Waals surface area (Å²) in [6.45, 7) is 0.386. The summed E-state index contributed by atoms with van der Waals surface area (Å²) in [7, 11) is 0. The number of benzene rings is 2. The van der Waals surface area contributed by atoms with Gasteiger partial charge in [-0.3, -0.25) is 0 Å². The molecule has 1 aliphatic heterocycles. The summed E-state index contributed by atoms with van der Waals surface area (Å²) in [6.07, 6.45) is 2.82. The van der Waals surface area contributed by atoms with Gasteiger partial charge in [0.1, 0.15) is 29.3 Å². The molecule has 4 nitrogen and oxygen atoms in total. The third kappa shape index (κ3) is 2.70. The lowest BCUT2D eigenvalue weighted by Crippen LogP contribution is -2.19. The Hall–Kier alpha value is -2.68. The molecule has 3 aromatic rings. The lowest BCUT2D eigenvalue weighted by Gasteiger charge is -2.16. The maximum atomic E-state index is 13.4. The first-order valence-electron chi connectivity index (χ1n) is 7.72. The number of ether oxygens (including phenoxy) is 1. The first-order chi connectivity index (χ1) is 12.1. The van der Waals surface area contributed by atoms with Crippen molar-refractivity contribution in [3.63, 3.8) is 0 Å². The fourth-order valence-electron chi connectivity index (χ4n) is 3.13. The SMILES string of the molecule is N#Cc1cncn1C[C@]1(c2ccc(F)cc2)O[C@H]1c1ccccc1Cl.